The molecular formula is C10H11N3O6. The molecule has 1 aromatic carbocycles. The molecule has 0 bridgehead atoms. The van der Waals surface area contributed by atoms with E-state index < -0.39 is 33.8 Å². The molecule has 0 spiro atoms. The van der Waals surface area contributed by atoms with Crippen molar-refractivity contribution in [3.63, 3.8) is 0 Å². The quantitative estimate of drug-likeness (QED) is 0.568. The lowest BCUT2D eigenvalue weighted by molar-refractivity contribution is -0.516. The average molecular weight is 269 g/mol. The van der Waals surface area contributed by atoms with Crippen LogP contribution in [0, 0.1) is 37.3 Å². The molecule has 0 aliphatic heterocycles. The molecule has 0 atom stereocenters. The van der Waals surface area contributed by atoms with E-state index in [-0.39, 0.29) is 5.69 Å². The average Bonchev–Trinajstić information content (AvgIpc) is 2.26. The number of benzene rings is 1. The van der Waals surface area contributed by atoms with Crippen molar-refractivity contribution in [1.29, 1.82) is 0 Å². The lowest BCUT2D eigenvalue weighted by Gasteiger charge is -2.09. The highest BCUT2D eigenvalue weighted by molar-refractivity contribution is 5.42. The summed E-state index contributed by atoms with van der Waals surface area (Å²) in [5.41, 5.74) is 0.556. The van der Waals surface area contributed by atoms with Crippen LogP contribution in [0.25, 0.3) is 0 Å². The van der Waals surface area contributed by atoms with Gasteiger partial charge < -0.3 is 0 Å². The molecule has 0 fully saturated rings. The van der Waals surface area contributed by atoms with Crippen LogP contribution in [0.4, 0.5) is 5.69 Å². The summed E-state index contributed by atoms with van der Waals surface area (Å²) in [6.07, 6.45) is 0. The fraction of sp³-hybridized carbons (Fsp3) is 0.400. The number of hydrogen-bond donors (Lipinski definition) is 0. The van der Waals surface area contributed by atoms with Crippen LogP contribution in [0.1, 0.15) is 17.0 Å². The fourth-order valence-electron chi connectivity index (χ4n) is 1.77. The van der Waals surface area contributed by atoms with Crippen molar-refractivity contribution in [3.05, 3.63) is 59.7 Å². The minimum atomic E-state index is -0.899. The number of aryl methyl sites for hydroxylation is 1. The number of rotatable bonds is 6. The Morgan fingerprint density at radius 2 is 1.58 bits per heavy atom. The largest absolute Gasteiger partial charge is 0.272 e. The van der Waals surface area contributed by atoms with E-state index >= 15 is 0 Å². The van der Waals surface area contributed by atoms with E-state index in [1.54, 1.807) is 0 Å². The SMILES string of the molecule is Cc1cc(C(C[N+](=O)[O-])C[N+](=O)[O-])ccc1[N+](=O)[O-]. The summed E-state index contributed by atoms with van der Waals surface area (Å²) in [4.78, 5) is 29.8. The normalized spacial score (nSPS) is 10.4. The van der Waals surface area contributed by atoms with Crippen molar-refractivity contribution in [2.24, 2.45) is 0 Å². The van der Waals surface area contributed by atoms with Gasteiger partial charge in [0, 0.05) is 21.5 Å². The maximum atomic E-state index is 10.6. The Morgan fingerprint density at radius 1 is 1.05 bits per heavy atom. The zero-order valence-corrected chi connectivity index (χ0v) is 10.0. The maximum Gasteiger partial charge on any atom is 0.272 e. The molecule has 102 valence electrons. The zero-order valence-electron chi connectivity index (χ0n) is 10.0. The van der Waals surface area contributed by atoms with Crippen LogP contribution in [-0.4, -0.2) is 27.9 Å². The fourth-order valence-corrected chi connectivity index (χ4v) is 1.77. The van der Waals surface area contributed by atoms with Crippen LogP contribution in [0.5, 0.6) is 0 Å². The van der Waals surface area contributed by atoms with Gasteiger partial charge in [-0.25, -0.2) is 0 Å². The van der Waals surface area contributed by atoms with Crippen LogP contribution in [-0.2, 0) is 0 Å². The van der Waals surface area contributed by atoms with Gasteiger partial charge in [0.15, 0.2) is 0 Å². The first-order valence-corrected chi connectivity index (χ1v) is 5.29. The highest BCUT2D eigenvalue weighted by Crippen LogP contribution is 2.24. The zero-order chi connectivity index (χ0) is 14.6. The Labute approximate surface area is 107 Å². The second-order valence-corrected chi connectivity index (χ2v) is 4.03. The van der Waals surface area contributed by atoms with Crippen LogP contribution < -0.4 is 0 Å². The first-order valence-electron chi connectivity index (χ1n) is 5.29. The summed E-state index contributed by atoms with van der Waals surface area (Å²) in [6, 6.07) is 3.91. The number of nitro benzene ring substituents is 1. The summed E-state index contributed by atoms with van der Waals surface area (Å²) in [7, 11) is 0. The summed E-state index contributed by atoms with van der Waals surface area (Å²) in [5, 5.41) is 31.6. The van der Waals surface area contributed by atoms with Gasteiger partial charge >= 0.3 is 0 Å². The molecule has 0 aliphatic rings. The summed E-state index contributed by atoms with van der Waals surface area (Å²) < 4.78 is 0. The molecule has 0 N–H and O–H groups in total. The molecule has 19 heavy (non-hydrogen) atoms. The third-order valence-corrected chi connectivity index (χ3v) is 2.63. The molecule has 0 unspecified atom stereocenters. The number of hydrogen-bond acceptors (Lipinski definition) is 6. The van der Waals surface area contributed by atoms with Crippen LogP contribution >= 0.6 is 0 Å². The van der Waals surface area contributed by atoms with Gasteiger partial charge in [-0.3, -0.25) is 30.3 Å². The molecule has 0 radical (unpaired) electrons. The molecule has 0 aromatic heterocycles. The minimum absolute atomic E-state index is 0.121. The number of nitrogens with zero attached hydrogens (tertiary/aromatic N) is 3. The summed E-state index contributed by atoms with van der Waals surface area (Å²) in [5.74, 6) is -0.899. The van der Waals surface area contributed by atoms with Crippen molar-refractivity contribution in [3.8, 4) is 0 Å². The van der Waals surface area contributed by atoms with Crippen LogP contribution in [0.3, 0.4) is 0 Å². The lowest BCUT2D eigenvalue weighted by atomic mass is 9.97. The molecule has 9 heteroatoms. The maximum absolute atomic E-state index is 10.6. The first kappa shape index (κ1) is 14.5. The Hall–Kier alpha value is -2.58. The second kappa shape index (κ2) is 5.85. The van der Waals surface area contributed by atoms with E-state index in [1.165, 1.54) is 25.1 Å². The molecule has 0 saturated carbocycles. The highest BCUT2D eigenvalue weighted by atomic mass is 16.6. The monoisotopic (exact) mass is 269 g/mol. The van der Waals surface area contributed by atoms with Crippen LogP contribution in [0.15, 0.2) is 18.2 Å². The van der Waals surface area contributed by atoms with Gasteiger partial charge in [-0.2, -0.15) is 0 Å². The van der Waals surface area contributed by atoms with Crippen molar-refractivity contribution >= 4 is 5.69 Å². The third-order valence-electron chi connectivity index (χ3n) is 2.63. The van der Waals surface area contributed by atoms with E-state index in [1.807, 2.05) is 0 Å². The molecule has 1 rings (SSSR count). The smallest absolute Gasteiger partial charge is 0.265 e. The van der Waals surface area contributed by atoms with E-state index in [0.29, 0.717) is 11.1 Å². The Kier molecular flexibility index (Phi) is 4.46. The van der Waals surface area contributed by atoms with Gasteiger partial charge in [0.2, 0.25) is 13.1 Å². The molecular weight excluding hydrogens is 258 g/mol. The molecule has 0 saturated heterocycles. The lowest BCUT2D eigenvalue weighted by Crippen LogP contribution is -2.20. The highest BCUT2D eigenvalue weighted by Gasteiger charge is 2.25. The summed E-state index contributed by atoms with van der Waals surface area (Å²) in [6.45, 7) is 0.313. The van der Waals surface area contributed by atoms with Gasteiger partial charge in [0.25, 0.3) is 5.69 Å². The van der Waals surface area contributed by atoms with Gasteiger partial charge in [-0.15, -0.1) is 0 Å². The standard InChI is InChI=1S/C10H11N3O6/c1-7-4-8(2-3-10(7)13(18)19)9(5-11(14)15)6-12(16)17/h2-4,9H,5-6H2,1H3. The van der Waals surface area contributed by atoms with Crippen LogP contribution in [0.2, 0.25) is 0 Å². The first-order chi connectivity index (χ1) is 8.81. The summed E-state index contributed by atoms with van der Waals surface area (Å²) >= 11 is 0. The molecule has 1 aromatic rings. The predicted octanol–water partition coefficient (Wildman–Crippen LogP) is 1.54. The van der Waals surface area contributed by atoms with Crippen molar-refractivity contribution in [2.75, 3.05) is 13.1 Å². The van der Waals surface area contributed by atoms with Gasteiger partial charge in [-0.1, -0.05) is 6.07 Å². The van der Waals surface area contributed by atoms with Crippen molar-refractivity contribution in [1.82, 2.24) is 0 Å². The Balaban J connectivity index is 3.08. The van der Waals surface area contributed by atoms with Crippen molar-refractivity contribution in [2.45, 2.75) is 12.8 Å². The predicted molar refractivity (Wildman–Crippen MR) is 64.3 cm³/mol. The van der Waals surface area contributed by atoms with E-state index in [2.05, 4.69) is 0 Å². The van der Waals surface area contributed by atoms with E-state index in [0.717, 1.165) is 0 Å². The Morgan fingerprint density at radius 3 is 1.95 bits per heavy atom. The van der Waals surface area contributed by atoms with E-state index in [4.69, 9.17) is 0 Å². The topological polar surface area (TPSA) is 129 Å². The third kappa shape index (κ3) is 3.98. The minimum Gasteiger partial charge on any atom is -0.265 e. The second-order valence-electron chi connectivity index (χ2n) is 4.03. The Bertz CT molecular complexity index is 514. The van der Waals surface area contributed by atoms with Gasteiger partial charge in [0.05, 0.1) is 4.92 Å². The number of nitro groups is 3. The molecule has 0 aliphatic carbocycles. The van der Waals surface area contributed by atoms with Gasteiger partial charge in [-0.05, 0) is 18.6 Å². The molecule has 9 nitrogen and oxygen atoms in total. The molecule has 0 amide bonds. The van der Waals surface area contributed by atoms with Gasteiger partial charge in [0.1, 0.15) is 5.92 Å². The van der Waals surface area contributed by atoms with E-state index in [9.17, 15) is 30.3 Å². The molecule has 0 heterocycles. The van der Waals surface area contributed by atoms with Crippen molar-refractivity contribution < 1.29 is 14.8 Å².